The van der Waals surface area contributed by atoms with Crippen LogP contribution < -0.4 is 10.6 Å². The summed E-state index contributed by atoms with van der Waals surface area (Å²) in [5.74, 6) is 1.11. The molecule has 2 rings (SSSR count). The third-order valence-corrected chi connectivity index (χ3v) is 3.50. The Morgan fingerprint density at radius 2 is 2.17 bits per heavy atom. The van der Waals surface area contributed by atoms with Crippen molar-refractivity contribution in [2.75, 3.05) is 18.5 Å². The van der Waals surface area contributed by atoms with Gasteiger partial charge in [-0.3, -0.25) is 5.41 Å². The van der Waals surface area contributed by atoms with E-state index in [2.05, 4.69) is 20.9 Å². The summed E-state index contributed by atoms with van der Waals surface area (Å²) in [5, 5.41) is 9.50. The third-order valence-electron chi connectivity index (χ3n) is 2.81. The lowest BCUT2D eigenvalue weighted by Crippen LogP contribution is -2.24. The van der Waals surface area contributed by atoms with Gasteiger partial charge in [0, 0.05) is 41.5 Å². The normalized spacial score (nSPS) is 10.6. The smallest absolute Gasteiger partial charge is 0.136 e. The predicted molar refractivity (Wildman–Crippen MR) is 79.2 cm³/mol. The molecule has 0 aliphatic heterocycles. The molecule has 0 aliphatic carbocycles. The zero-order valence-corrected chi connectivity index (χ0v) is 11.7. The van der Waals surface area contributed by atoms with Crippen LogP contribution in [0.1, 0.15) is 6.42 Å². The predicted octanol–water partition coefficient (Wildman–Crippen LogP) is 2.76. The van der Waals surface area contributed by atoms with Crippen molar-refractivity contribution in [3.63, 3.8) is 0 Å². The number of nitrogens with zero attached hydrogens (tertiary/aromatic N) is 2. The molecule has 0 fully saturated rings. The quantitative estimate of drug-likeness (QED) is 0.674. The topological polar surface area (TPSA) is 66.0 Å². The summed E-state index contributed by atoms with van der Waals surface area (Å²) in [4.78, 5) is 6.44. The van der Waals surface area contributed by atoms with Crippen molar-refractivity contribution >= 4 is 38.4 Å². The highest BCUT2D eigenvalue weighted by molar-refractivity contribution is 9.10. The van der Waals surface area contributed by atoms with E-state index in [0.717, 1.165) is 21.1 Å². The summed E-state index contributed by atoms with van der Waals surface area (Å²) >= 11 is 3.54. The maximum Gasteiger partial charge on any atom is 0.136 e. The molecule has 0 atom stereocenters. The van der Waals surface area contributed by atoms with Crippen molar-refractivity contribution in [3.8, 4) is 0 Å². The largest absolute Gasteiger partial charge is 0.388 e. The van der Waals surface area contributed by atoms with E-state index in [0.29, 0.717) is 13.0 Å². The standard InChI is InChI=1S/C13H15BrN4/c1-18(8-6-12(15)16)13-10-3-2-4-11(14)9(10)5-7-17-13/h2-5,7H,6,8H2,1H3,(H3,15,16). The second-order valence-electron chi connectivity index (χ2n) is 4.17. The minimum atomic E-state index is 0.197. The van der Waals surface area contributed by atoms with Crippen molar-refractivity contribution < 1.29 is 0 Å². The van der Waals surface area contributed by atoms with Gasteiger partial charge in [0.25, 0.3) is 0 Å². The molecule has 4 nitrogen and oxygen atoms in total. The SMILES string of the molecule is CN(CCC(=N)N)c1nccc2c(Br)cccc12. The minimum Gasteiger partial charge on any atom is -0.388 e. The first-order chi connectivity index (χ1) is 8.59. The molecular formula is C13H15BrN4. The molecule has 3 N–H and O–H groups in total. The van der Waals surface area contributed by atoms with Gasteiger partial charge in [-0.05, 0) is 12.1 Å². The number of fused-ring (bicyclic) bond motifs is 1. The van der Waals surface area contributed by atoms with Crippen LogP contribution in [0.2, 0.25) is 0 Å². The molecule has 94 valence electrons. The van der Waals surface area contributed by atoms with Gasteiger partial charge in [-0.1, -0.05) is 28.1 Å². The van der Waals surface area contributed by atoms with Gasteiger partial charge >= 0.3 is 0 Å². The molecule has 0 aliphatic rings. The molecule has 0 radical (unpaired) electrons. The molecule has 0 saturated carbocycles. The van der Waals surface area contributed by atoms with Gasteiger partial charge in [0.05, 0.1) is 5.84 Å². The number of hydrogen-bond donors (Lipinski definition) is 2. The Morgan fingerprint density at radius 1 is 1.39 bits per heavy atom. The molecule has 0 saturated heterocycles. The van der Waals surface area contributed by atoms with E-state index in [1.54, 1.807) is 6.20 Å². The summed E-state index contributed by atoms with van der Waals surface area (Å²) < 4.78 is 1.06. The summed E-state index contributed by atoms with van der Waals surface area (Å²) in [5.41, 5.74) is 5.38. The van der Waals surface area contributed by atoms with Gasteiger partial charge in [0.15, 0.2) is 0 Å². The first-order valence-electron chi connectivity index (χ1n) is 5.67. The van der Waals surface area contributed by atoms with E-state index in [9.17, 15) is 0 Å². The molecular weight excluding hydrogens is 292 g/mol. The zero-order chi connectivity index (χ0) is 13.1. The fourth-order valence-corrected chi connectivity index (χ4v) is 2.35. The number of halogens is 1. The number of amidine groups is 1. The Bertz CT molecular complexity index is 582. The van der Waals surface area contributed by atoms with Crippen molar-refractivity contribution in [2.24, 2.45) is 5.73 Å². The molecule has 0 spiro atoms. The van der Waals surface area contributed by atoms with E-state index in [1.165, 1.54) is 0 Å². The fourth-order valence-electron chi connectivity index (χ4n) is 1.85. The van der Waals surface area contributed by atoms with Gasteiger partial charge in [-0.2, -0.15) is 0 Å². The lowest BCUT2D eigenvalue weighted by Gasteiger charge is -2.19. The highest BCUT2D eigenvalue weighted by atomic mass is 79.9. The third kappa shape index (κ3) is 2.61. The monoisotopic (exact) mass is 306 g/mol. The molecule has 1 heterocycles. The molecule has 5 heteroatoms. The van der Waals surface area contributed by atoms with Gasteiger partial charge in [-0.15, -0.1) is 0 Å². The maximum atomic E-state index is 7.27. The summed E-state index contributed by atoms with van der Waals surface area (Å²) in [6.45, 7) is 0.688. The molecule has 0 unspecified atom stereocenters. The Balaban J connectivity index is 2.38. The van der Waals surface area contributed by atoms with Crippen molar-refractivity contribution in [2.45, 2.75) is 6.42 Å². The molecule has 18 heavy (non-hydrogen) atoms. The van der Waals surface area contributed by atoms with Crippen LogP contribution in [0, 0.1) is 5.41 Å². The van der Waals surface area contributed by atoms with Crippen molar-refractivity contribution in [1.82, 2.24) is 4.98 Å². The van der Waals surface area contributed by atoms with Crippen LogP contribution in [0.25, 0.3) is 10.8 Å². The first-order valence-corrected chi connectivity index (χ1v) is 6.46. The average Bonchev–Trinajstić information content (AvgIpc) is 2.36. The van der Waals surface area contributed by atoms with Crippen LogP contribution >= 0.6 is 15.9 Å². The Labute approximate surface area is 114 Å². The first kappa shape index (κ1) is 12.8. The molecule has 0 bridgehead atoms. The second kappa shape index (κ2) is 5.35. The maximum absolute atomic E-state index is 7.27. The Hall–Kier alpha value is -1.62. The number of pyridine rings is 1. The molecule has 0 amide bonds. The minimum absolute atomic E-state index is 0.197. The van der Waals surface area contributed by atoms with Crippen LogP contribution in [0.3, 0.4) is 0 Å². The van der Waals surface area contributed by atoms with Crippen LogP contribution in [-0.2, 0) is 0 Å². The second-order valence-corrected chi connectivity index (χ2v) is 5.02. The lowest BCUT2D eigenvalue weighted by molar-refractivity contribution is 0.896. The molecule has 2 aromatic rings. The number of hydrogen-bond acceptors (Lipinski definition) is 3. The van der Waals surface area contributed by atoms with Crippen LogP contribution in [0.4, 0.5) is 5.82 Å². The summed E-state index contributed by atoms with van der Waals surface area (Å²) in [6.07, 6.45) is 2.34. The van der Waals surface area contributed by atoms with Gasteiger partial charge in [-0.25, -0.2) is 4.98 Å². The van der Waals surface area contributed by atoms with Gasteiger partial charge < -0.3 is 10.6 Å². The summed E-state index contributed by atoms with van der Waals surface area (Å²) in [6, 6.07) is 8.05. The van der Waals surface area contributed by atoms with Crippen molar-refractivity contribution in [3.05, 3.63) is 34.9 Å². The number of benzene rings is 1. The number of nitrogens with two attached hydrogens (primary N) is 1. The Kier molecular flexibility index (Phi) is 3.81. The Morgan fingerprint density at radius 3 is 2.89 bits per heavy atom. The van der Waals surface area contributed by atoms with E-state index < -0.39 is 0 Å². The van der Waals surface area contributed by atoms with Gasteiger partial charge in [0.2, 0.25) is 0 Å². The number of nitrogens with one attached hydrogen (secondary N) is 1. The van der Waals surface area contributed by atoms with E-state index in [4.69, 9.17) is 11.1 Å². The average molecular weight is 307 g/mol. The van der Waals surface area contributed by atoms with Gasteiger partial charge in [0.1, 0.15) is 5.82 Å². The number of anilines is 1. The van der Waals surface area contributed by atoms with Crippen molar-refractivity contribution in [1.29, 1.82) is 5.41 Å². The van der Waals surface area contributed by atoms with Crippen LogP contribution in [-0.4, -0.2) is 24.4 Å². The van der Waals surface area contributed by atoms with Crippen LogP contribution in [0.5, 0.6) is 0 Å². The lowest BCUT2D eigenvalue weighted by atomic mass is 10.1. The number of rotatable bonds is 4. The highest BCUT2D eigenvalue weighted by Gasteiger charge is 2.09. The zero-order valence-electron chi connectivity index (χ0n) is 10.2. The van der Waals surface area contributed by atoms with E-state index >= 15 is 0 Å². The summed E-state index contributed by atoms with van der Waals surface area (Å²) in [7, 11) is 1.96. The van der Waals surface area contributed by atoms with E-state index in [1.807, 2.05) is 36.2 Å². The fraction of sp³-hybridized carbons (Fsp3) is 0.231. The van der Waals surface area contributed by atoms with Crippen LogP contribution in [0.15, 0.2) is 34.9 Å². The number of aromatic nitrogens is 1. The molecule has 1 aromatic carbocycles. The molecule has 1 aromatic heterocycles. The van der Waals surface area contributed by atoms with E-state index in [-0.39, 0.29) is 5.84 Å². The highest BCUT2D eigenvalue weighted by Crippen LogP contribution is 2.29.